The second-order valence-electron chi connectivity index (χ2n) is 4.92. The molecule has 0 aliphatic carbocycles. The highest BCUT2D eigenvalue weighted by atomic mass is 16.6. The zero-order valence-electron chi connectivity index (χ0n) is 11.6. The molecule has 0 saturated carbocycles. The van der Waals surface area contributed by atoms with Gasteiger partial charge < -0.3 is 14.8 Å². The van der Waals surface area contributed by atoms with E-state index in [1.54, 1.807) is 12.1 Å². The predicted molar refractivity (Wildman–Crippen MR) is 75.2 cm³/mol. The summed E-state index contributed by atoms with van der Waals surface area (Å²) in [7, 11) is 0. The number of nitrogens with one attached hydrogen (secondary N) is 1. The molecule has 110 valence electrons. The number of benzene rings is 1. The van der Waals surface area contributed by atoms with E-state index in [0.29, 0.717) is 25.0 Å². The van der Waals surface area contributed by atoms with Crippen molar-refractivity contribution in [1.29, 1.82) is 0 Å². The van der Waals surface area contributed by atoms with E-state index in [0.717, 1.165) is 31.6 Å². The summed E-state index contributed by atoms with van der Waals surface area (Å²) in [4.78, 5) is 10.5. The standard InChI is InChI=1S/C14H20N2O4/c1-11-4-5-13(16(17)18)14(9-11)20-8-6-15-10-12-3-2-7-19-12/h4-5,9,12,15H,2-3,6-8,10H2,1H3. The first kappa shape index (κ1) is 14.7. The molecule has 1 N–H and O–H groups in total. The molecular formula is C14H20N2O4. The van der Waals surface area contributed by atoms with Gasteiger partial charge in [-0.05, 0) is 31.4 Å². The van der Waals surface area contributed by atoms with Crippen LogP contribution >= 0.6 is 0 Å². The van der Waals surface area contributed by atoms with Gasteiger partial charge in [0.15, 0.2) is 5.75 Å². The SMILES string of the molecule is Cc1ccc([N+](=O)[O-])c(OCCNCC2CCCO2)c1. The Morgan fingerprint density at radius 3 is 3.10 bits per heavy atom. The van der Waals surface area contributed by atoms with Gasteiger partial charge in [0.1, 0.15) is 6.61 Å². The van der Waals surface area contributed by atoms with Gasteiger partial charge in [-0.25, -0.2) is 0 Å². The summed E-state index contributed by atoms with van der Waals surface area (Å²) in [5.74, 6) is 0.328. The molecule has 1 heterocycles. The fourth-order valence-electron chi connectivity index (χ4n) is 2.19. The molecule has 20 heavy (non-hydrogen) atoms. The largest absolute Gasteiger partial charge is 0.485 e. The summed E-state index contributed by atoms with van der Waals surface area (Å²) in [6.45, 7) is 4.58. The van der Waals surface area contributed by atoms with Crippen LogP contribution in [0.4, 0.5) is 5.69 Å². The molecule has 0 amide bonds. The molecule has 2 rings (SSSR count). The topological polar surface area (TPSA) is 73.6 Å². The van der Waals surface area contributed by atoms with Gasteiger partial charge in [-0.1, -0.05) is 6.07 Å². The number of hydrogen-bond donors (Lipinski definition) is 1. The number of ether oxygens (including phenoxy) is 2. The second kappa shape index (κ2) is 7.21. The minimum Gasteiger partial charge on any atom is -0.485 e. The summed E-state index contributed by atoms with van der Waals surface area (Å²) in [5.41, 5.74) is 0.952. The van der Waals surface area contributed by atoms with Crippen LogP contribution in [0.1, 0.15) is 18.4 Å². The fourth-order valence-corrected chi connectivity index (χ4v) is 2.19. The van der Waals surface area contributed by atoms with Gasteiger partial charge in [0.05, 0.1) is 11.0 Å². The molecule has 6 nitrogen and oxygen atoms in total. The second-order valence-corrected chi connectivity index (χ2v) is 4.92. The van der Waals surface area contributed by atoms with Crippen molar-refractivity contribution in [3.63, 3.8) is 0 Å². The molecule has 6 heteroatoms. The molecule has 1 aromatic rings. The average molecular weight is 280 g/mol. The molecule has 1 aromatic carbocycles. The lowest BCUT2D eigenvalue weighted by Crippen LogP contribution is -2.29. The smallest absolute Gasteiger partial charge is 0.310 e. The molecule has 1 atom stereocenters. The average Bonchev–Trinajstić information content (AvgIpc) is 2.91. The Labute approximate surface area is 118 Å². The van der Waals surface area contributed by atoms with E-state index < -0.39 is 4.92 Å². The van der Waals surface area contributed by atoms with E-state index in [9.17, 15) is 10.1 Å². The lowest BCUT2D eigenvalue weighted by atomic mass is 10.2. The minimum atomic E-state index is -0.422. The monoisotopic (exact) mass is 280 g/mol. The zero-order chi connectivity index (χ0) is 14.4. The first-order valence-corrected chi connectivity index (χ1v) is 6.87. The number of nitrogens with zero attached hydrogens (tertiary/aromatic N) is 1. The molecule has 0 aromatic heterocycles. The predicted octanol–water partition coefficient (Wildman–Crippen LogP) is 2.05. The molecule has 0 bridgehead atoms. The minimum absolute atomic E-state index is 0.00901. The van der Waals surface area contributed by atoms with Gasteiger partial charge in [0.2, 0.25) is 0 Å². The van der Waals surface area contributed by atoms with E-state index in [1.165, 1.54) is 6.07 Å². The van der Waals surface area contributed by atoms with Crippen molar-refractivity contribution in [3.8, 4) is 5.75 Å². The Morgan fingerprint density at radius 1 is 1.55 bits per heavy atom. The molecule has 1 unspecified atom stereocenters. The number of rotatable bonds is 7. The Hall–Kier alpha value is -1.66. The Bertz CT molecular complexity index is 458. The van der Waals surface area contributed by atoms with Gasteiger partial charge in [0, 0.05) is 25.8 Å². The summed E-state index contributed by atoms with van der Waals surface area (Å²) < 4.78 is 11.0. The van der Waals surface area contributed by atoms with Gasteiger partial charge in [0.25, 0.3) is 0 Å². The quantitative estimate of drug-likeness (QED) is 0.470. The Balaban J connectivity index is 1.75. The van der Waals surface area contributed by atoms with E-state index in [-0.39, 0.29) is 5.69 Å². The molecule has 0 spiro atoms. The summed E-state index contributed by atoms with van der Waals surface area (Å²) >= 11 is 0. The number of hydrogen-bond acceptors (Lipinski definition) is 5. The zero-order valence-corrected chi connectivity index (χ0v) is 11.6. The van der Waals surface area contributed by atoms with Crippen LogP contribution in [0.2, 0.25) is 0 Å². The summed E-state index contributed by atoms with van der Waals surface area (Å²) in [5, 5.41) is 14.1. The lowest BCUT2D eigenvalue weighted by molar-refractivity contribution is -0.385. The Kier molecular flexibility index (Phi) is 5.31. The molecule has 0 radical (unpaired) electrons. The van der Waals surface area contributed by atoms with Gasteiger partial charge in [-0.3, -0.25) is 10.1 Å². The lowest BCUT2D eigenvalue weighted by Gasteiger charge is -2.11. The van der Waals surface area contributed by atoms with Crippen molar-refractivity contribution in [1.82, 2.24) is 5.32 Å². The van der Waals surface area contributed by atoms with Crippen LogP contribution in [0.25, 0.3) is 0 Å². The van der Waals surface area contributed by atoms with Gasteiger partial charge in [-0.2, -0.15) is 0 Å². The van der Waals surface area contributed by atoms with Crippen LogP contribution in [0.3, 0.4) is 0 Å². The van der Waals surface area contributed by atoms with E-state index in [4.69, 9.17) is 9.47 Å². The molecule has 1 aliphatic heterocycles. The summed E-state index contributed by atoms with van der Waals surface area (Å²) in [6, 6.07) is 4.88. The summed E-state index contributed by atoms with van der Waals surface area (Å²) in [6.07, 6.45) is 2.51. The third-order valence-electron chi connectivity index (χ3n) is 3.24. The molecule has 1 aliphatic rings. The normalized spacial score (nSPS) is 18.1. The third kappa shape index (κ3) is 4.18. The maximum absolute atomic E-state index is 10.9. The van der Waals surface area contributed by atoms with E-state index in [2.05, 4.69) is 5.32 Å². The first-order valence-electron chi connectivity index (χ1n) is 6.87. The maximum atomic E-state index is 10.9. The van der Waals surface area contributed by atoms with Crippen molar-refractivity contribution in [2.24, 2.45) is 0 Å². The van der Waals surface area contributed by atoms with Crippen molar-refractivity contribution in [2.75, 3.05) is 26.3 Å². The van der Waals surface area contributed by atoms with Crippen molar-refractivity contribution in [3.05, 3.63) is 33.9 Å². The van der Waals surface area contributed by atoms with E-state index in [1.807, 2.05) is 6.92 Å². The molecule has 1 saturated heterocycles. The van der Waals surface area contributed by atoms with Gasteiger partial charge >= 0.3 is 5.69 Å². The number of aryl methyl sites for hydroxylation is 1. The number of nitro benzene ring substituents is 1. The van der Waals surface area contributed by atoms with Crippen LogP contribution in [-0.4, -0.2) is 37.3 Å². The highest BCUT2D eigenvalue weighted by Crippen LogP contribution is 2.27. The maximum Gasteiger partial charge on any atom is 0.310 e. The van der Waals surface area contributed by atoms with E-state index >= 15 is 0 Å². The van der Waals surface area contributed by atoms with Crippen molar-refractivity contribution < 1.29 is 14.4 Å². The highest BCUT2D eigenvalue weighted by Gasteiger charge is 2.16. The van der Waals surface area contributed by atoms with Crippen LogP contribution in [0, 0.1) is 17.0 Å². The first-order chi connectivity index (χ1) is 9.66. The van der Waals surface area contributed by atoms with Crippen molar-refractivity contribution >= 4 is 5.69 Å². The van der Waals surface area contributed by atoms with Gasteiger partial charge in [-0.15, -0.1) is 0 Å². The van der Waals surface area contributed by atoms with Crippen molar-refractivity contribution in [2.45, 2.75) is 25.9 Å². The number of nitro groups is 1. The highest BCUT2D eigenvalue weighted by molar-refractivity contribution is 5.48. The van der Waals surface area contributed by atoms with Crippen LogP contribution < -0.4 is 10.1 Å². The molecular weight excluding hydrogens is 260 g/mol. The fraction of sp³-hybridized carbons (Fsp3) is 0.571. The van der Waals surface area contributed by atoms with Crippen LogP contribution in [-0.2, 0) is 4.74 Å². The van der Waals surface area contributed by atoms with Crippen LogP contribution in [0.15, 0.2) is 18.2 Å². The molecule has 1 fully saturated rings. The van der Waals surface area contributed by atoms with Crippen LogP contribution in [0.5, 0.6) is 5.75 Å². The Morgan fingerprint density at radius 2 is 2.40 bits per heavy atom. The third-order valence-corrected chi connectivity index (χ3v) is 3.24.